The number of benzene rings is 1. The fraction of sp³-hybridized carbons (Fsp3) is 0.533. The third kappa shape index (κ3) is 4.27. The van der Waals surface area contributed by atoms with Crippen LogP contribution in [0.15, 0.2) is 24.3 Å². The van der Waals surface area contributed by atoms with E-state index in [1.165, 1.54) is 0 Å². The van der Waals surface area contributed by atoms with Gasteiger partial charge < -0.3 is 4.90 Å². The molecule has 1 fully saturated rings. The number of nitriles is 1. The molecule has 0 unspecified atom stereocenters. The van der Waals surface area contributed by atoms with Crippen LogP contribution in [0.4, 0.5) is 0 Å². The van der Waals surface area contributed by atoms with Gasteiger partial charge in [0.2, 0.25) is 10.0 Å². The lowest BCUT2D eigenvalue weighted by molar-refractivity contribution is 0.344. The first-order valence-electron chi connectivity index (χ1n) is 7.15. The van der Waals surface area contributed by atoms with Crippen molar-refractivity contribution < 1.29 is 8.42 Å². The number of rotatable bonds is 5. The molecule has 1 aliphatic heterocycles. The summed E-state index contributed by atoms with van der Waals surface area (Å²) in [5.41, 5.74) is 1.12. The van der Waals surface area contributed by atoms with Crippen LogP contribution in [0, 0.1) is 17.2 Å². The number of sulfonamides is 1. The maximum atomic E-state index is 12.3. The number of likely N-dealkylation sites (N-methyl/N-ethyl adjacent to an activating group) is 1. The first-order chi connectivity index (χ1) is 9.93. The number of likely N-dealkylation sites (tertiary alicyclic amines) is 1. The molecule has 2 atom stereocenters. The molecule has 0 radical (unpaired) electrons. The van der Waals surface area contributed by atoms with Crippen LogP contribution >= 0.6 is 0 Å². The van der Waals surface area contributed by atoms with E-state index in [2.05, 4.69) is 23.5 Å². The van der Waals surface area contributed by atoms with Crippen molar-refractivity contribution in [1.82, 2.24) is 9.62 Å². The fourth-order valence-corrected chi connectivity index (χ4v) is 4.17. The lowest BCUT2D eigenvalue weighted by atomic mass is 10.1. The standard InChI is InChI=1S/C15H21N3O2S/c1-3-18-9-12(2)15(10-18)17-21(19,20)11-14-6-4-5-13(7-14)8-16/h4-7,12,15,17H,3,9-11H2,1-2H3/t12-,15-/m0/s1. The maximum Gasteiger partial charge on any atom is 0.216 e. The van der Waals surface area contributed by atoms with Crippen LogP contribution in [-0.4, -0.2) is 39.0 Å². The lowest BCUT2D eigenvalue weighted by Gasteiger charge is -2.17. The van der Waals surface area contributed by atoms with E-state index < -0.39 is 10.0 Å². The second kappa shape index (κ2) is 6.56. The summed E-state index contributed by atoms with van der Waals surface area (Å²) in [6.07, 6.45) is 0. The van der Waals surface area contributed by atoms with Crippen molar-refractivity contribution in [3.05, 3.63) is 35.4 Å². The van der Waals surface area contributed by atoms with E-state index in [0.717, 1.165) is 19.6 Å². The van der Waals surface area contributed by atoms with Crippen molar-refractivity contribution in [2.45, 2.75) is 25.6 Å². The summed E-state index contributed by atoms with van der Waals surface area (Å²) in [5, 5.41) is 8.86. The zero-order chi connectivity index (χ0) is 15.5. The van der Waals surface area contributed by atoms with Gasteiger partial charge >= 0.3 is 0 Å². The van der Waals surface area contributed by atoms with Gasteiger partial charge in [-0.15, -0.1) is 0 Å². The summed E-state index contributed by atoms with van der Waals surface area (Å²) in [7, 11) is -3.39. The van der Waals surface area contributed by atoms with E-state index in [0.29, 0.717) is 17.0 Å². The smallest absolute Gasteiger partial charge is 0.216 e. The van der Waals surface area contributed by atoms with E-state index >= 15 is 0 Å². The Morgan fingerprint density at radius 2 is 2.19 bits per heavy atom. The van der Waals surface area contributed by atoms with Crippen molar-refractivity contribution in [1.29, 1.82) is 5.26 Å². The first kappa shape index (κ1) is 16.0. The molecule has 1 saturated heterocycles. The minimum absolute atomic E-state index is 0.0332. The van der Waals surface area contributed by atoms with Crippen LogP contribution < -0.4 is 4.72 Å². The van der Waals surface area contributed by atoms with Gasteiger partial charge in [-0.3, -0.25) is 0 Å². The van der Waals surface area contributed by atoms with Gasteiger partial charge in [0.05, 0.1) is 17.4 Å². The van der Waals surface area contributed by atoms with Crippen molar-refractivity contribution in [2.24, 2.45) is 5.92 Å². The number of nitrogens with zero attached hydrogens (tertiary/aromatic N) is 2. The maximum absolute atomic E-state index is 12.3. The Kier molecular flexibility index (Phi) is 4.99. The molecule has 1 aromatic rings. The van der Waals surface area contributed by atoms with Crippen molar-refractivity contribution in [3.63, 3.8) is 0 Å². The second-order valence-electron chi connectivity index (χ2n) is 5.63. The molecule has 5 nitrogen and oxygen atoms in total. The highest BCUT2D eigenvalue weighted by atomic mass is 32.2. The van der Waals surface area contributed by atoms with Crippen LogP contribution in [0.25, 0.3) is 0 Å². The lowest BCUT2D eigenvalue weighted by Crippen LogP contribution is -2.40. The summed E-state index contributed by atoms with van der Waals surface area (Å²) < 4.78 is 27.4. The SMILES string of the molecule is CCN1C[C@H](NS(=O)(=O)Cc2cccc(C#N)c2)[C@@H](C)C1. The molecule has 21 heavy (non-hydrogen) atoms. The third-order valence-electron chi connectivity index (χ3n) is 3.88. The van der Waals surface area contributed by atoms with E-state index in [1.807, 2.05) is 6.07 Å². The Morgan fingerprint density at radius 3 is 2.81 bits per heavy atom. The Balaban J connectivity index is 2.04. The van der Waals surface area contributed by atoms with Gasteiger partial charge in [0, 0.05) is 19.1 Å². The molecule has 1 aliphatic rings. The van der Waals surface area contributed by atoms with Crippen LogP contribution in [0.5, 0.6) is 0 Å². The fourth-order valence-electron chi connectivity index (χ4n) is 2.70. The highest BCUT2D eigenvalue weighted by Gasteiger charge is 2.31. The van der Waals surface area contributed by atoms with Gasteiger partial charge in [-0.05, 0) is 30.2 Å². The van der Waals surface area contributed by atoms with Gasteiger partial charge in [0.15, 0.2) is 0 Å². The first-order valence-corrected chi connectivity index (χ1v) is 8.80. The molecule has 0 amide bonds. The predicted molar refractivity (Wildman–Crippen MR) is 82.0 cm³/mol. The summed E-state index contributed by atoms with van der Waals surface area (Å²) in [6.45, 7) is 6.77. The number of hydrogen-bond donors (Lipinski definition) is 1. The normalized spacial score (nSPS) is 23.1. The molecular weight excluding hydrogens is 286 g/mol. The summed E-state index contributed by atoms with van der Waals surface area (Å²) in [6, 6.07) is 8.72. The molecule has 1 N–H and O–H groups in total. The Bertz CT molecular complexity index is 637. The van der Waals surface area contributed by atoms with Gasteiger partial charge in [-0.2, -0.15) is 5.26 Å². The Hall–Kier alpha value is -1.42. The summed E-state index contributed by atoms with van der Waals surface area (Å²) >= 11 is 0. The van der Waals surface area contributed by atoms with Crippen LogP contribution in [0.2, 0.25) is 0 Å². The summed E-state index contributed by atoms with van der Waals surface area (Å²) in [5.74, 6) is 0.225. The minimum Gasteiger partial charge on any atom is -0.302 e. The van der Waals surface area contributed by atoms with Gasteiger partial charge in [0.25, 0.3) is 0 Å². The molecule has 2 rings (SSSR count). The highest BCUT2D eigenvalue weighted by molar-refractivity contribution is 7.88. The zero-order valence-corrected chi connectivity index (χ0v) is 13.2. The molecule has 0 spiro atoms. The van der Waals surface area contributed by atoms with E-state index in [4.69, 9.17) is 5.26 Å². The highest BCUT2D eigenvalue weighted by Crippen LogP contribution is 2.17. The molecule has 0 saturated carbocycles. The molecule has 0 aromatic heterocycles. The minimum atomic E-state index is -3.39. The number of hydrogen-bond acceptors (Lipinski definition) is 4. The zero-order valence-electron chi connectivity index (χ0n) is 12.4. The average molecular weight is 307 g/mol. The topological polar surface area (TPSA) is 73.2 Å². The number of nitrogens with one attached hydrogen (secondary N) is 1. The Morgan fingerprint density at radius 1 is 1.43 bits per heavy atom. The van der Waals surface area contributed by atoms with E-state index in [-0.39, 0.29) is 11.8 Å². The third-order valence-corrected chi connectivity index (χ3v) is 5.25. The predicted octanol–water partition coefficient (Wildman–Crippen LogP) is 1.32. The van der Waals surface area contributed by atoms with Gasteiger partial charge in [0.1, 0.15) is 0 Å². The molecular formula is C15H21N3O2S. The summed E-state index contributed by atoms with van der Waals surface area (Å²) in [4.78, 5) is 2.24. The van der Waals surface area contributed by atoms with Crippen molar-refractivity contribution >= 4 is 10.0 Å². The average Bonchev–Trinajstić information content (AvgIpc) is 2.78. The van der Waals surface area contributed by atoms with Crippen LogP contribution in [0.1, 0.15) is 25.0 Å². The van der Waals surface area contributed by atoms with Gasteiger partial charge in [-0.1, -0.05) is 26.0 Å². The molecule has 114 valence electrons. The van der Waals surface area contributed by atoms with Crippen molar-refractivity contribution in [3.8, 4) is 6.07 Å². The molecule has 1 aromatic carbocycles. The quantitative estimate of drug-likeness (QED) is 0.890. The monoisotopic (exact) mass is 307 g/mol. The van der Waals surface area contributed by atoms with E-state index in [1.54, 1.807) is 24.3 Å². The van der Waals surface area contributed by atoms with Crippen molar-refractivity contribution in [2.75, 3.05) is 19.6 Å². The molecule has 6 heteroatoms. The van der Waals surface area contributed by atoms with Crippen LogP contribution in [-0.2, 0) is 15.8 Å². The van der Waals surface area contributed by atoms with E-state index in [9.17, 15) is 8.42 Å². The molecule has 0 aliphatic carbocycles. The van der Waals surface area contributed by atoms with Crippen LogP contribution in [0.3, 0.4) is 0 Å². The second-order valence-corrected chi connectivity index (χ2v) is 7.38. The Labute approximate surface area is 126 Å². The van der Waals surface area contributed by atoms with Gasteiger partial charge in [-0.25, -0.2) is 13.1 Å². The molecule has 1 heterocycles. The molecule has 0 bridgehead atoms. The largest absolute Gasteiger partial charge is 0.302 e.